The van der Waals surface area contributed by atoms with Crippen molar-refractivity contribution in [1.29, 1.82) is 0 Å². The van der Waals surface area contributed by atoms with Gasteiger partial charge in [0.1, 0.15) is 0 Å². The van der Waals surface area contributed by atoms with E-state index in [2.05, 4.69) is 0 Å². The number of carbonyl (C=O) groups is 2. The number of imide groups is 1. The molecule has 0 radical (unpaired) electrons. The second-order valence-electron chi connectivity index (χ2n) is 7.31. The smallest absolute Gasteiger partial charge is 0.262 e. The van der Waals surface area contributed by atoms with Gasteiger partial charge in [0, 0.05) is 36.2 Å². The van der Waals surface area contributed by atoms with Gasteiger partial charge in [-0.1, -0.05) is 42.6 Å². The van der Waals surface area contributed by atoms with Crippen LogP contribution < -0.4 is 5.56 Å². The second-order valence-corrected chi connectivity index (χ2v) is 8.81. The molecule has 4 rings (SSSR count). The standard InChI is InChI=1S/C20H22ClN3O3S/c21-13-6-7-15-16(12-13)22-20(24(19(15)27)14-4-2-1-3-5-14)28-11-10-23-17(25)8-9-18(23)26/h6-7,12,14H,1-5,8-11H2. The molecule has 1 saturated heterocycles. The van der Waals surface area contributed by atoms with Gasteiger partial charge in [0.05, 0.1) is 10.9 Å². The van der Waals surface area contributed by atoms with E-state index < -0.39 is 0 Å². The lowest BCUT2D eigenvalue weighted by molar-refractivity contribution is -0.137. The Morgan fingerprint density at radius 2 is 1.79 bits per heavy atom. The van der Waals surface area contributed by atoms with Crippen molar-refractivity contribution in [3.63, 3.8) is 0 Å². The van der Waals surface area contributed by atoms with Crippen LogP contribution in [-0.2, 0) is 9.59 Å². The van der Waals surface area contributed by atoms with E-state index in [1.807, 2.05) is 4.57 Å². The topological polar surface area (TPSA) is 72.3 Å². The van der Waals surface area contributed by atoms with Crippen LogP contribution in [0.25, 0.3) is 10.9 Å². The molecule has 2 fully saturated rings. The summed E-state index contributed by atoms with van der Waals surface area (Å²) >= 11 is 7.53. The second kappa shape index (κ2) is 8.25. The minimum absolute atomic E-state index is 0.0376. The van der Waals surface area contributed by atoms with Gasteiger partial charge in [-0.25, -0.2) is 4.98 Å². The van der Waals surface area contributed by atoms with Crippen molar-refractivity contribution < 1.29 is 9.59 Å². The fraction of sp³-hybridized carbons (Fsp3) is 0.500. The Labute approximate surface area is 172 Å². The first-order chi connectivity index (χ1) is 13.5. The van der Waals surface area contributed by atoms with Crippen LogP contribution in [0.5, 0.6) is 0 Å². The number of rotatable bonds is 5. The molecule has 6 nitrogen and oxygen atoms in total. The maximum absolute atomic E-state index is 13.2. The zero-order valence-electron chi connectivity index (χ0n) is 15.5. The quantitative estimate of drug-likeness (QED) is 0.418. The van der Waals surface area contributed by atoms with Crippen molar-refractivity contribution in [2.75, 3.05) is 12.3 Å². The zero-order valence-corrected chi connectivity index (χ0v) is 17.1. The molecule has 1 aromatic carbocycles. The Kier molecular flexibility index (Phi) is 5.73. The SMILES string of the molecule is O=C1CCC(=O)N1CCSc1nc2cc(Cl)ccc2c(=O)n1C1CCCCC1. The summed E-state index contributed by atoms with van der Waals surface area (Å²) in [5.41, 5.74) is 0.546. The summed E-state index contributed by atoms with van der Waals surface area (Å²) in [6.45, 7) is 0.344. The van der Waals surface area contributed by atoms with Crippen LogP contribution in [0.15, 0.2) is 28.2 Å². The number of amides is 2. The fourth-order valence-electron chi connectivity index (χ4n) is 4.02. The number of hydrogen-bond donors (Lipinski definition) is 0. The maximum Gasteiger partial charge on any atom is 0.262 e. The van der Waals surface area contributed by atoms with Gasteiger partial charge in [-0.3, -0.25) is 23.9 Å². The van der Waals surface area contributed by atoms with Crippen LogP contribution in [0.1, 0.15) is 51.0 Å². The lowest BCUT2D eigenvalue weighted by atomic mass is 9.95. The van der Waals surface area contributed by atoms with E-state index >= 15 is 0 Å². The monoisotopic (exact) mass is 419 g/mol. The van der Waals surface area contributed by atoms with Gasteiger partial charge in [-0.2, -0.15) is 0 Å². The molecule has 1 aromatic heterocycles. The van der Waals surface area contributed by atoms with Gasteiger partial charge in [0.15, 0.2) is 5.16 Å². The third kappa shape index (κ3) is 3.82. The molecule has 1 saturated carbocycles. The van der Waals surface area contributed by atoms with Crippen molar-refractivity contribution >= 4 is 46.1 Å². The van der Waals surface area contributed by atoms with Crippen LogP contribution in [0.4, 0.5) is 0 Å². The molecule has 1 aliphatic carbocycles. The van der Waals surface area contributed by atoms with E-state index in [4.69, 9.17) is 16.6 Å². The summed E-state index contributed by atoms with van der Waals surface area (Å²) < 4.78 is 1.83. The van der Waals surface area contributed by atoms with Crippen LogP contribution >= 0.6 is 23.4 Å². The highest BCUT2D eigenvalue weighted by atomic mass is 35.5. The van der Waals surface area contributed by atoms with E-state index in [9.17, 15) is 14.4 Å². The average molecular weight is 420 g/mol. The van der Waals surface area contributed by atoms with Crippen LogP contribution in [0.2, 0.25) is 5.02 Å². The van der Waals surface area contributed by atoms with Gasteiger partial charge >= 0.3 is 0 Å². The van der Waals surface area contributed by atoms with E-state index in [1.54, 1.807) is 18.2 Å². The Balaban J connectivity index is 1.65. The van der Waals surface area contributed by atoms with Gasteiger partial charge in [-0.05, 0) is 31.0 Å². The summed E-state index contributed by atoms with van der Waals surface area (Å²) in [4.78, 5) is 42.9. The van der Waals surface area contributed by atoms with Crippen molar-refractivity contribution in [2.45, 2.75) is 56.1 Å². The largest absolute Gasteiger partial charge is 0.284 e. The minimum Gasteiger partial charge on any atom is -0.284 e. The number of benzene rings is 1. The number of nitrogens with zero attached hydrogens (tertiary/aromatic N) is 3. The number of likely N-dealkylation sites (tertiary alicyclic amines) is 1. The zero-order chi connectivity index (χ0) is 19.7. The molecule has 0 spiro atoms. The van der Waals surface area contributed by atoms with Crippen LogP contribution in [0, 0.1) is 0 Å². The average Bonchev–Trinajstić information content (AvgIpc) is 3.00. The summed E-state index contributed by atoms with van der Waals surface area (Å²) in [6, 6.07) is 5.31. The molecule has 0 N–H and O–H groups in total. The first-order valence-corrected chi connectivity index (χ1v) is 11.1. The number of thioether (sulfide) groups is 1. The van der Waals surface area contributed by atoms with Crippen molar-refractivity contribution in [2.24, 2.45) is 0 Å². The number of carbonyl (C=O) groups excluding carboxylic acids is 2. The number of fused-ring (bicyclic) bond motifs is 1. The Bertz CT molecular complexity index is 969. The summed E-state index contributed by atoms with van der Waals surface area (Å²) in [5, 5.41) is 1.76. The molecule has 0 bridgehead atoms. The Morgan fingerprint density at radius 1 is 1.07 bits per heavy atom. The number of aromatic nitrogens is 2. The molecule has 2 heterocycles. The van der Waals surface area contributed by atoms with Gasteiger partial charge in [0.25, 0.3) is 5.56 Å². The normalized spacial score (nSPS) is 18.4. The molecule has 2 aromatic rings. The summed E-state index contributed by atoms with van der Waals surface area (Å²) in [7, 11) is 0. The third-order valence-electron chi connectivity index (χ3n) is 5.47. The molecule has 28 heavy (non-hydrogen) atoms. The van der Waals surface area contributed by atoms with Crippen molar-refractivity contribution in [3.8, 4) is 0 Å². The molecule has 1 aliphatic heterocycles. The third-order valence-corrected chi connectivity index (χ3v) is 6.64. The van der Waals surface area contributed by atoms with Crippen LogP contribution in [-0.4, -0.2) is 38.6 Å². The van der Waals surface area contributed by atoms with Crippen molar-refractivity contribution in [1.82, 2.24) is 14.5 Å². The Hall–Kier alpha value is -1.86. The molecule has 8 heteroatoms. The highest BCUT2D eigenvalue weighted by Gasteiger charge is 2.28. The first kappa shape index (κ1) is 19.5. The maximum atomic E-state index is 13.2. The van der Waals surface area contributed by atoms with E-state index in [1.165, 1.54) is 23.1 Å². The summed E-state index contributed by atoms with van der Waals surface area (Å²) in [5.74, 6) is 0.282. The number of hydrogen-bond acceptors (Lipinski definition) is 5. The molecule has 0 unspecified atom stereocenters. The van der Waals surface area contributed by atoms with Gasteiger partial charge < -0.3 is 0 Å². The van der Waals surface area contributed by atoms with E-state index in [0.717, 1.165) is 25.7 Å². The first-order valence-electron chi connectivity index (χ1n) is 9.72. The Morgan fingerprint density at radius 3 is 2.50 bits per heavy atom. The highest BCUT2D eigenvalue weighted by molar-refractivity contribution is 7.99. The van der Waals surface area contributed by atoms with Gasteiger partial charge in [0.2, 0.25) is 11.8 Å². The predicted molar refractivity (Wildman–Crippen MR) is 110 cm³/mol. The molecular weight excluding hydrogens is 398 g/mol. The van der Waals surface area contributed by atoms with E-state index in [-0.39, 0.29) is 23.4 Å². The lowest BCUT2D eigenvalue weighted by Gasteiger charge is -2.26. The number of halogens is 1. The predicted octanol–water partition coefficient (Wildman–Crippen LogP) is 3.80. The molecule has 2 aliphatic rings. The minimum atomic E-state index is -0.117. The van der Waals surface area contributed by atoms with Crippen molar-refractivity contribution in [3.05, 3.63) is 33.6 Å². The molecule has 2 amide bonds. The van der Waals surface area contributed by atoms with Gasteiger partial charge in [-0.15, -0.1) is 0 Å². The fourth-order valence-corrected chi connectivity index (χ4v) is 5.17. The molecule has 0 atom stereocenters. The lowest BCUT2D eigenvalue weighted by Crippen LogP contribution is -2.32. The summed E-state index contributed by atoms with van der Waals surface area (Å²) in [6.07, 6.45) is 5.94. The van der Waals surface area contributed by atoms with Crippen LogP contribution in [0.3, 0.4) is 0 Å². The molecular formula is C20H22ClN3O3S. The van der Waals surface area contributed by atoms with E-state index in [0.29, 0.717) is 46.2 Å². The highest BCUT2D eigenvalue weighted by Crippen LogP contribution is 2.31. The molecule has 148 valence electrons.